The molecule has 0 heterocycles. The van der Waals surface area contributed by atoms with Crippen LogP contribution in [-0.4, -0.2) is 5.91 Å². The first-order valence-corrected chi connectivity index (χ1v) is 7.29. The van der Waals surface area contributed by atoms with Gasteiger partial charge in [0.25, 0.3) is 5.91 Å². The lowest BCUT2D eigenvalue weighted by atomic mass is 10.1. The number of hydrogen-bond donors (Lipinski definition) is 2. The lowest BCUT2D eigenvalue weighted by Crippen LogP contribution is -2.13. The van der Waals surface area contributed by atoms with Gasteiger partial charge in [0, 0.05) is 16.8 Å². The number of carbonyl (C=O) groups excluding carboxylic acids is 1. The second-order valence-corrected chi connectivity index (χ2v) is 5.48. The first-order chi connectivity index (χ1) is 10.2. The fourth-order valence-corrected chi connectivity index (χ4v) is 2.69. The van der Waals surface area contributed by atoms with Gasteiger partial charge in [-0.2, -0.15) is 0 Å². The molecule has 0 saturated heterocycles. The average molecular weight is 341 g/mol. The topological polar surface area (TPSA) is 55.1 Å². The van der Waals surface area contributed by atoms with E-state index in [1.165, 1.54) is 0 Å². The van der Waals surface area contributed by atoms with Crippen LogP contribution in [0.4, 0.5) is 11.4 Å². The molecule has 0 radical (unpaired) electrons. The number of amides is 1. The van der Waals surface area contributed by atoms with Crippen molar-refractivity contribution in [3.05, 3.63) is 70.7 Å². The van der Waals surface area contributed by atoms with Crippen molar-refractivity contribution in [1.82, 2.24) is 0 Å². The molecule has 3 rings (SSSR count). The molecule has 0 bridgehead atoms. The molecule has 1 amide bonds. The van der Waals surface area contributed by atoms with E-state index in [0.717, 1.165) is 16.5 Å². The minimum absolute atomic E-state index is 0.189. The number of nitrogens with two attached hydrogens (primary N) is 1. The highest BCUT2D eigenvalue weighted by molar-refractivity contribution is 9.10. The number of halogens is 1. The summed E-state index contributed by atoms with van der Waals surface area (Å²) in [6.45, 7) is 0. The molecule has 0 aliphatic rings. The SMILES string of the molecule is Nc1cccc(C(=O)Nc2cccc3ccccc23)c1Br. The van der Waals surface area contributed by atoms with E-state index in [9.17, 15) is 4.79 Å². The van der Waals surface area contributed by atoms with E-state index >= 15 is 0 Å². The molecule has 4 heteroatoms. The van der Waals surface area contributed by atoms with Crippen molar-refractivity contribution >= 4 is 44.0 Å². The molecule has 21 heavy (non-hydrogen) atoms. The van der Waals surface area contributed by atoms with Crippen LogP contribution in [0.3, 0.4) is 0 Å². The van der Waals surface area contributed by atoms with E-state index < -0.39 is 0 Å². The van der Waals surface area contributed by atoms with Crippen LogP contribution in [0.5, 0.6) is 0 Å². The predicted molar refractivity (Wildman–Crippen MR) is 90.5 cm³/mol. The third kappa shape index (κ3) is 2.62. The molecule has 3 N–H and O–H groups in total. The zero-order valence-corrected chi connectivity index (χ0v) is 12.7. The predicted octanol–water partition coefficient (Wildman–Crippen LogP) is 4.44. The highest BCUT2D eigenvalue weighted by Crippen LogP contribution is 2.27. The summed E-state index contributed by atoms with van der Waals surface area (Å²) < 4.78 is 0.614. The zero-order chi connectivity index (χ0) is 14.8. The van der Waals surface area contributed by atoms with Gasteiger partial charge in [-0.1, -0.05) is 42.5 Å². The van der Waals surface area contributed by atoms with Crippen molar-refractivity contribution in [2.24, 2.45) is 0 Å². The largest absolute Gasteiger partial charge is 0.398 e. The molecule has 0 aliphatic carbocycles. The van der Waals surface area contributed by atoms with Gasteiger partial charge in [-0.3, -0.25) is 4.79 Å². The van der Waals surface area contributed by atoms with Crippen LogP contribution in [0.1, 0.15) is 10.4 Å². The molecule has 0 aliphatic heterocycles. The number of nitrogen functional groups attached to an aromatic ring is 1. The number of carbonyl (C=O) groups is 1. The molecular weight excluding hydrogens is 328 g/mol. The van der Waals surface area contributed by atoms with Gasteiger partial charge in [0.15, 0.2) is 0 Å². The monoisotopic (exact) mass is 340 g/mol. The van der Waals surface area contributed by atoms with Gasteiger partial charge in [0.05, 0.1) is 10.0 Å². The van der Waals surface area contributed by atoms with E-state index in [-0.39, 0.29) is 5.91 Å². The summed E-state index contributed by atoms with van der Waals surface area (Å²) in [5, 5.41) is 5.04. The van der Waals surface area contributed by atoms with Crippen LogP contribution in [0, 0.1) is 0 Å². The first-order valence-electron chi connectivity index (χ1n) is 6.50. The second-order valence-electron chi connectivity index (χ2n) is 4.69. The summed E-state index contributed by atoms with van der Waals surface area (Å²) >= 11 is 3.36. The van der Waals surface area contributed by atoms with Gasteiger partial charge in [0.2, 0.25) is 0 Å². The molecule has 3 aromatic rings. The van der Waals surface area contributed by atoms with Crippen molar-refractivity contribution in [1.29, 1.82) is 0 Å². The Kier molecular flexibility index (Phi) is 3.62. The maximum absolute atomic E-state index is 12.4. The molecule has 0 saturated carbocycles. The van der Waals surface area contributed by atoms with E-state index in [1.807, 2.05) is 42.5 Å². The van der Waals surface area contributed by atoms with Crippen LogP contribution in [0.2, 0.25) is 0 Å². The number of benzene rings is 3. The molecule has 0 fully saturated rings. The number of hydrogen-bond acceptors (Lipinski definition) is 2. The molecule has 0 spiro atoms. The number of rotatable bonds is 2. The van der Waals surface area contributed by atoms with Crippen molar-refractivity contribution in [2.45, 2.75) is 0 Å². The molecular formula is C17H13BrN2O. The van der Waals surface area contributed by atoms with Gasteiger partial charge >= 0.3 is 0 Å². The molecule has 104 valence electrons. The standard InChI is InChI=1S/C17H13BrN2O/c18-16-13(8-4-9-14(16)19)17(21)20-15-10-3-6-11-5-1-2-7-12(11)15/h1-10H,19H2,(H,20,21). The normalized spacial score (nSPS) is 10.5. The van der Waals surface area contributed by atoms with Crippen molar-refractivity contribution in [2.75, 3.05) is 11.1 Å². The fraction of sp³-hybridized carbons (Fsp3) is 0. The Morgan fingerprint density at radius 2 is 1.67 bits per heavy atom. The van der Waals surface area contributed by atoms with E-state index in [2.05, 4.69) is 21.2 Å². The third-order valence-corrected chi connectivity index (χ3v) is 4.20. The summed E-state index contributed by atoms with van der Waals surface area (Å²) in [5.41, 5.74) is 7.66. The summed E-state index contributed by atoms with van der Waals surface area (Å²) in [4.78, 5) is 12.4. The lowest BCUT2D eigenvalue weighted by molar-refractivity contribution is 0.102. The second kappa shape index (κ2) is 5.58. The zero-order valence-electron chi connectivity index (χ0n) is 11.1. The summed E-state index contributed by atoms with van der Waals surface area (Å²) in [5.74, 6) is -0.189. The average Bonchev–Trinajstić information content (AvgIpc) is 2.50. The number of nitrogens with one attached hydrogen (secondary N) is 1. The Hall–Kier alpha value is -2.33. The summed E-state index contributed by atoms with van der Waals surface area (Å²) in [6.07, 6.45) is 0. The Bertz CT molecular complexity index is 825. The summed E-state index contributed by atoms with van der Waals surface area (Å²) in [6, 6.07) is 19.0. The molecule has 3 aromatic carbocycles. The smallest absolute Gasteiger partial charge is 0.256 e. The molecule has 3 nitrogen and oxygen atoms in total. The molecule has 0 atom stereocenters. The van der Waals surface area contributed by atoms with Gasteiger partial charge < -0.3 is 11.1 Å². The highest BCUT2D eigenvalue weighted by atomic mass is 79.9. The van der Waals surface area contributed by atoms with Crippen LogP contribution < -0.4 is 11.1 Å². The van der Waals surface area contributed by atoms with Gasteiger partial charge in [0.1, 0.15) is 0 Å². The van der Waals surface area contributed by atoms with Crippen LogP contribution in [0.25, 0.3) is 10.8 Å². The maximum Gasteiger partial charge on any atom is 0.256 e. The van der Waals surface area contributed by atoms with Gasteiger partial charge in [-0.15, -0.1) is 0 Å². The van der Waals surface area contributed by atoms with Crippen molar-refractivity contribution in [3.63, 3.8) is 0 Å². The van der Waals surface area contributed by atoms with E-state index in [0.29, 0.717) is 15.7 Å². The van der Waals surface area contributed by atoms with Crippen LogP contribution in [0.15, 0.2) is 65.1 Å². The summed E-state index contributed by atoms with van der Waals surface area (Å²) in [7, 11) is 0. The van der Waals surface area contributed by atoms with Crippen molar-refractivity contribution < 1.29 is 4.79 Å². The molecule has 0 unspecified atom stereocenters. The minimum Gasteiger partial charge on any atom is -0.398 e. The Morgan fingerprint density at radius 3 is 2.52 bits per heavy atom. The quantitative estimate of drug-likeness (QED) is 0.677. The van der Waals surface area contributed by atoms with Crippen molar-refractivity contribution in [3.8, 4) is 0 Å². The first kappa shape index (κ1) is 13.6. The highest BCUT2D eigenvalue weighted by Gasteiger charge is 2.12. The van der Waals surface area contributed by atoms with Crippen LogP contribution >= 0.6 is 15.9 Å². The number of fused-ring (bicyclic) bond motifs is 1. The fourth-order valence-electron chi connectivity index (χ4n) is 2.25. The van der Waals surface area contributed by atoms with E-state index in [4.69, 9.17) is 5.73 Å². The van der Waals surface area contributed by atoms with Crippen LogP contribution in [-0.2, 0) is 0 Å². The van der Waals surface area contributed by atoms with Gasteiger partial charge in [-0.25, -0.2) is 0 Å². The Morgan fingerprint density at radius 1 is 0.952 bits per heavy atom. The Labute approximate surface area is 130 Å². The maximum atomic E-state index is 12.4. The van der Waals surface area contributed by atoms with Gasteiger partial charge in [-0.05, 0) is 39.5 Å². The Balaban J connectivity index is 1.99. The molecule has 0 aromatic heterocycles. The number of anilines is 2. The van der Waals surface area contributed by atoms with E-state index in [1.54, 1.807) is 18.2 Å². The lowest BCUT2D eigenvalue weighted by Gasteiger charge is -2.10. The minimum atomic E-state index is -0.189. The third-order valence-electron chi connectivity index (χ3n) is 3.31.